The van der Waals surface area contributed by atoms with Crippen LogP contribution in [0, 0.1) is 10.1 Å². The van der Waals surface area contributed by atoms with Crippen LogP contribution < -0.4 is 0 Å². The van der Waals surface area contributed by atoms with Crippen LogP contribution >= 0.6 is 0 Å². The molecule has 0 atom stereocenters. The Morgan fingerprint density at radius 2 is 1.89 bits per heavy atom. The molecule has 0 fully saturated rings. The third-order valence-corrected chi connectivity index (χ3v) is 2.52. The number of nitro groups is 1. The maximum Gasteiger partial charge on any atom is 0.416 e. The highest BCUT2D eigenvalue weighted by molar-refractivity contribution is 5.44. The second-order valence-corrected chi connectivity index (χ2v) is 3.70. The van der Waals surface area contributed by atoms with Gasteiger partial charge in [0.05, 0.1) is 10.5 Å². The highest BCUT2D eigenvalue weighted by atomic mass is 19.4. The van der Waals surface area contributed by atoms with Crippen LogP contribution in [0.3, 0.4) is 0 Å². The van der Waals surface area contributed by atoms with Crippen molar-refractivity contribution in [1.29, 1.82) is 0 Å². The van der Waals surface area contributed by atoms with Gasteiger partial charge in [-0.05, 0) is 6.07 Å². The summed E-state index contributed by atoms with van der Waals surface area (Å²) in [5.74, 6) is 0. The number of ether oxygens (including phenoxy) is 2. The highest BCUT2D eigenvalue weighted by Crippen LogP contribution is 2.33. The summed E-state index contributed by atoms with van der Waals surface area (Å²) in [6.45, 7) is 0. The summed E-state index contributed by atoms with van der Waals surface area (Å²) in [7, 11) is 2.67. The molecule has 0 saturated carbocycles. The molecule has 106 valence electrons. The SMILES string of the molecule is COC(Cc1ccc(C(F)(F)F)cc1[N+](=O)[O-])OC. The summed E-state index contributed by atoms with van der Waals surface area (Å²) in [6, 6.07) is 2.37. The van der Waals surface area contributed by atoms with Crippen LogP contribution in [-0.4, -0.2) is 25.4 Å². The number of halogens is 3. The van der Waals surface area contributed by atoms with Crippen molar-refractivity contribution in [2.75, 3.05) is 14.2 Å². The Balaban J connectivity index is 3.15. The van der Waals surface area contributed by atoms with E-state index in [0.717, 1.165) is 12.1 Å². The average molecular weight is 279 g/mol. The van der Waals surface area contributed by atoms with Crippen molar-refractivity contribution >= 4 is 5.69 Å². The van der Waals surface area contributed by atoms with Crippen molar-refractivity contribution in [3.8, 4) is 0 Å². The van der Waals surface area contributed by atoms with E-state index >= 15 is 0 Å². The second kappa shape index (κ2) is 5.98. The minimum absolute atomic E-state index is 0.0124. The lowest BCUT2D eigenvalue weighted by Crippen LogP contribution is -2.17. The van der Waals surface area contributed by atoms with E-state index in [1.165, 1.54) is 14.2 Å². The Labute approximate surface area is 107 Å². The third-order valence-electron chi connectivity index (χ3n) is 2.52. The quantitative estimate of drug-likeness (QED) is 0.472. The third kappa shape index (κ3) is 3.90. The molecule has 1 rings (SSSR count). The number of nitrogens with zero attached hydrogens (tertiary/aromatic N) is 1. The van der Waals surface area contributed by atoms with Crippen molar-refractivity contribution in [1.82, 2.24) is 0 Å². The minimum atomic E-state index is -4.62. The zero-order valence-corrected chi connectivity index (χ0v) is 10.2. The number of rotatable bonds is 5. The number of hydrogen-bond donors (Lipinski definition) is 0. The normalized spacial score (nSPS) is 11.9. The molecule has 0 radical (unpaired) electrons. The molecule has 0 N–H and O–H groups in total. The number of methoxy groups -OCH3 is 2. The molecule has 0 spiro atoms. The number of benzene rings is 1. The van der Waals surface area contributed by atoms with E-state index in [-0.39, 0.29) is 12.0 Å². The lowest BCUT2D eigenvalue weighted by atomic mass is 10.1. The molecular formula is C11H12F3NO4. The molecule has 0 saturated heterocycles. The van der Waals surface area contributed by atoms with Gasteiger partial charge in [0, 0.05) is 32.3 Å². The van der Waals surface area contributed by atoms with Crippen LogP contribution in [0.15, 0.2) is 18.2 Å². The molecule has 0 aliphatic rings. The van der Waals surface area contributed by atoms with Crippen molar-refractivity contribution in [3.05, 3.63) is 39.4 Å². The Hall–Kier alpha value is -1.67. The summed E-state index contributed by atoms with van der Waals surface area (Å²) in [6.07, 6.45) is -5.39. The van der Waals surface area contributed by atoms with Gasteiger partial charge < -0.3 is 9.47 Å². The van der Waals surface area contributed by atoms with Gasteiger partial charge in [-0.25, -0.2) is 0 Å². The number of alkyl halides is 3. The Morgan fingerprint density at radius 3 is 2.32 bits per heavy atom. The van der Waals surface area contributed by atoms with Crippen LogP contribution in [0.2, 0.25) is 0 Å². The maximum absolute atomic E-state index is 12.5. The van der Waals surface area contributed by atoms with Crippen LogP contribution in [0.25, 0.3) is 0 Å². The first-order chi connectivity index (χ1) is 8.79. The molecule has 0 heterocycles. The fraction of sp³-hybridized carbons (Fsp3) is 0.455. The molecule has 1 aromatic rings. The molecule has 0 bridgehead atoms. The summed E-state index contributed by atoms with van der Waals surface area (Å²) < 4.78 is 47.2. The Morgan fingerprint density at radius 1 is 1.32 bits per heavy atom. The summed E-state index contributed by atoms with van der Waals surface area (Å²) in [5, 5.41) is 10.8. The molecule has 0 aliphatic carbocycles. The first kappa shape index (κ1) is 15.4. The zero-order chi connectivity index (χ0) is 14.6. The van der Waals surface area contributed by atoms with Crippen LogP contribution in [-0.2, 0) is 22.1 Å². The van der Waals surface area contributed by atoms with Crippen LogP contribution in [0.4, 0.5) is 18.9 Å². The Bertz CT molecular complexity index is 458. The predicted octanol–water partition coefficient (Wildman–Crippen LogP) is 2.78. The molecule has 0 aromatic heterocycles. The van der Waals surface area contributed by atoms with E-state index in [0.29, 0.717) is 6.07 Å². The first-order valence-corrected chi connectivity index (χ1v) is 5.19. The van der Waals surface area contributed by atoms with E-state index < -0.39 is 28.6 Å². The lowest BCUT2D eigenvalue weighted by Gasteiger charge is -2.14. The van der Waals surface area contributed by atoms with Gasteiger partial charge in [-0.2, -0.15) is 13.2 Å². The maximum atomic E-state index is 12.5. The average Bonchev–Trinajstić information content (AvgIpc) is 2.34. The summed E-state index contributed by atoms with van der Waals surface area (Å²) >= 11 is 0. The van der Waals surface area contributed by atoms with Gasteiger partial charge in [0.15, 0.2) is 6.29 Å². The largest absolute Gasteiger partial charge is 0.416 e. The molecule has 1 aromatic carbocycles. The van der Waals surface area contributed by atoms with Crippen molar-refractivity contribution in [2.24, 2.45) is 0 Å². The van der Waals surface area contributed by atoms with Gasteiger partial charge >= 0.3 is 6.18 Å². The molecule has 5 nitrogen and oxygen atoms in total. The van der Waals surface area contributed by atoms with Gasteiger partial charge in [0.1, 0.15) is 0 Å². The predicted molar refractivity (Wildman–Crippen MR) is 59.6 cm³/mol. The van der Waals surface area contributed by atoms with Crippen LogP contribution in [0.5, 0.6) is 0 Å². The monoisotopic (exact) mass is 279 g/mol. The fourth-order valence-corrected chi connectivity index (χ4v) is 1.53. The van der Waals surface area contributed by atoms with E-state index in [4.69, 9.17) is 9.47 Å². The lowest BCUT2D eigenvalue weighted by molar-refractivity contribution is -0.386. The van der Waals surface area contributed by atoms with E-state index in [1.807, 2.05) is 0 Å². The van der Waals surface area contributed by atoms with Crippen molar-refractivity contribution in [3.63, 3.8) is 0 Å². The number of nitro benzene ring substituents is 1. The summed E-state index contributed by atoms with van der Waals surface area (Å²) in [4.78, 5) is 9.96. The smallest absolute Gasteiger partial charge is 0.356 e. The second-order valence-electron chi connectivity index (χ2n) is 3.70. The Kier molecular flexibility index (Phi) is 4.84. The fourth-order valence-electron chi connectivity index (χ4n) is 1.53. The molecular weight excluding hydrogens is 267 g/mol. The summed E-state index contributed by atoms with van der Waals surface area (Å²) in [5.41, 5.74) is -1.55. The highest BCUT2D eigenvalue weighted by Gasteiger charge is 2.33. The van der Waals surface area contributed by atoms with Gasteiger partial charge in [0.2, 0.25) is 0 Å². The molecule has 0 amide bonds. The van der Waals surface area contributed by atoms with Crippen molar-refractivity contribution < 1.29 is 27.6 Å². The van der Waals surface area contributed by atoms with Gasteiger partial charge in [-0.15, -0.1) is 0 Å². The van der Waals surface area contributed by atoms with Gasteiger partial charge in [-0.3, -0.25) is 10.1 Å². The molecule has 19 heavy (non-hydrogen) atoms. The molecule has 0 aliphatic heterocycles. The zero-order valence-electron chi connectivity index (χ0n) is 10.2. The molecule has 8 heteroatoms. The van der Waals surface area contributed by atoms with E-state index in [9.17, 15) is 23.3 Å². The van der Waals surface area contributed by atoms with Crippen LogP contribution in [0.1, 0.15) is 11.1 Å². The number of hydrogen-bond acceptors (Lipinski definition) is 4. The first-order valence-electron chi connectivity index (χ1n) is 5.19. The standard InChI is InChI=1S/C11H12F3NO4/c1-18-10(19-2)5-7-3-4-8(11(12,13)14)6-9(7)15(16)17/h3-4,6,10H,5H2,1-2H3. The van der Waals surface area contributed by atoms with Gasteiger partial charge in [-0.1, -0.05) is 6.07 Å². The van der Waals surface area contributed by atoms with Crippen molar-refractivity contribution in [2.45, 2.75) is 18.9 Å². The van der Waals surface area contributed by atoms with E-state index in [2.05, 4.69) is 0 Å². The van der Waals surface area contributed by atoms with E-state index in [1.54, 1.807) is 0 Å². The topological polar surface area (TPSA) is 61.6 Å². The van der Waals surface area contributed by atoms with Gasteiger partial charge in [0.25, 0.3) is 5.69 Å². The minimum Gasteiger partial charge on any atom is -0.356 e. The molecule has 0 unspecified atom stereocenters.